The minimum atomic E-state index is -4.80. The van der Waals surface area contributed by atoms with E-state index in [1.165, 1.54) is 0 Å². The first-order chi connectivity index (χ1) is 9.88. The maximum absolute atomic E-state index is 13.3. The fraction of sp³-hybridized carbons (Fsp3) is 0.500. The molecule has 2 atom stereocenters. The summed E-state index contributed by atoms with van der Waals surface area (Å²) in [4.78, 5) is 14.0. The Hall–Kier alpha value is -1.63. The molecule has 0 bridgehead atoms. The molecule has 0 saturated carbocycles. The van der Waals surface area contributed by atoms with Gasteiger partial charge in [-0.1, -0.05) is 0 Å². The van der Waals surface area contributed by atoms with Crippen molar-refractivity contribution in [2.75, 3.05) is 19.6 Å². The number of hydrogen-bond acceptors (Lipinski definition) is 2. The van der Waals surface area contributed by atoms with E-state index in [-0.39, 0.29) is 11.6 Å². The van der Waals surface area contributed by atoms with Gasteiger partial charge in [0.15, 0.2) is 0 Å². The van der Waals surface area contributed by atoms with Crippen molar-refractivity contribution in [3.05, 3.63) is 35.1 Å². The van der Waals surface area contributed by atoms with E-state index in [0.717, 1.165) is 19.0 Å². The number of carbonyl (C=O) groups is 1. The highest BCUT2D eigenvalue weighted by molar-refractivity contribution is 5.95. The number of nitrogens with one attached hydrogen (secondary N) is 1. The molecule has 1 N–H and O–H groups in total. The molecule has 114 valence electrons. The standard InChI is InChI=1S/C14H14F4N2O/c15-11-2-1-8(5-10(11)14(16,17)18)13(21)20-4-3-9-6-19-7-12(9)20/h1-2,5,9,12,19H,3-4,6-7H2/t9-,12+/m0/s1. The Balaban J connectivity index is 1.88. The molecule has 2 heterocycles. The summed E-state index contributed by atoms with van der Waals surface area (Å²) in [6, 6.07) is 2.45. The quantitative estimate of drug-likeness (QED) is 0.807. The van der Waals surface area contributed by atoms with Crippen LogP contribution in [0.1, 0.15) is 22.3 Å². The SMILES string of the molecule is O=C(c1ccc(F)c(C(F)(F)F)c1)N1CC[C@H]2CNC[C@H]21. The Morgan fingerprint density at radius 2 is 2.05 bits per heavy atom. The number of carbonyl (C=O) groups excluding carboxylic acids is 1. The zero-order chi connectivity index (χ0) is 15.2. The fourth-order valence-electron chi connectivity index (χ4n) is 3.14. The largest absolute Gasteiger partial charge is 0.419 e. The van der Waals surface area contributed by atoms with Crippen LogP contribution in [0.15, 0.2) is 18.2 Å². The van der Waals surface area contributed by atoms with E-state index in [9.17, 15) is 22.4 Å². The average Bonchev–Trinajstić information content (AvgIpc) is 2.99. The summed E-state index contributed by atoms with van der Waals surface area (Å²) in [7, 11) is 0. The van der Waals surface area contributed by atoms with Gasteiger partial charge in [0.1, 0.15) is 5.82 Å². The topological polar surface area (TPSA) is 32.3 Å². The van der Waals surface area contributed by atoms with Crippen LogP contribution in [0.3, 0.4) is 0 Å². The van der Waals surface area contributed by atoms with Crippen LogP contribution in [0.4, 0.5) is 17.6 Å². The molecule has 2 aliphatic rings. The van der Waals surface area contributed by atoms with Crippen LogP contribution in [-0.4, -0.2) is 36.5 Å². The number of hydrogen-bond donors (Lipinski definition) is 1. The zero-order valence-corrected chi connectivity index (χ0v) is 11.1. The highest BCUT2D eigenvalue weighted by Gasteiger charge is 2.41. The van der Waals surface area contributed by atoms with E-state index in [2.05, 4.69) is 5.32 Å². The van der Waals surface area contributed by atoms with Crippen molar-refractivity contribution < 1.29 is 22.4 Å². The van der Waals surface area contributed by atoms with E-state index in [1.54, 1.807) is 4.90 Å². The third kappa shape index (κ3) is 2.50. The lowest BCUT2D eigenvalue weighted by Crippen LogP contribution is -2.39. The molecule has 1 aromatic rings. The first kappa shape index (κ1) is 14.3. The number of rotatable bonds is 1. The molecule has 2 fully saturated rings. The Kier molecular flexibility index (Phi) is 3.39. The number of amides is 1. The summed E-state index contributed by atoms with van der Waals surface area (Å²) in [5.41, 5.74) is -1.51. The van der Waals surface area contributed by atoms with Crippen molar-refractivity contribution in [2.24, 2.45) is 5.92 Å². The van der Waals surface area contributed by atoms with E-state index in [0.29, 0.717) is 31.1 Å². The average molecular weight is 302 g/mol. The minimum absolute atomic E-state index is 0.0249. The molecule has 3 nitrogen and oxygen atoms in total. The van der Waals surface area contributed by atoms with Crippen molar-refractivity contribution >= 4 is 5.91 Å². The van der Waals surface area contributed by atoms with Gasteiger partial charge >= 0.3 is 6.18 Å². The van der Waals surface area contributed by atoms with Crippen molar-refractivity contribution in [2.45, 2.75) is 18.6 Å². The predicted octanol–water partition coefficient (Wildman–Crippen LogP) is 2.28. The summed E-state index contributed by atoms with van der Waals surface area (Å²) in [6.45, 7) is 2.02. The third-order valence-corrected chi connectivity index (χ3v) is 4.22. The van der Waals surface area contributed by atoms with Crippen LogP contribution in [-0.2, 0) is 6.18 Å². The maximum Gasteiger partial charge on any atom is 0.419 e. The summed E-state index contributed by atoms with van der Waals surface area (Å²) in [6.07, 6.45) is -3.96. The van der Waals surface area contributed by atoms with Crippen LogP contribution in [0.5, 0.6) is 0 Å². The van der Waals surface area contributed by atoms with Gasteiger partial charge in [0.05, 0.1) is 5.56 Å². The van der Waals surface area contributed by atoms with Crippen molar-refractivity contribution in [3.8, 4) is 0 Å². The minimum Gasteiger partial charge on any atom is -0.334 e. The van der Waals surface area contributed by atoms with Gasteiger partial charge in [-0.15, -0.1) is 0 Å². The third-order valence-electron chi connectivity index (χ3n) is 4.22. The molecule has 3 rings (SSSR count). The second-order valence-electron chi connectivity index (χ2n) is 5.47. The molecule has 2 saturated heterocycles. The monoisotopic (exact) mass is 302 g/mol. The molecule has 7 heteroatoms. The van der Waals surface area contributed by atoms with E-state index >= 15 is 0 Å². The Bertz CT molecular complexity index is 573. The van der Waals surface area contributed by atoms with Crippen LogP contribution in [0.2, 0.25) is 0 Å². The zero-order valence-electron chi connectivity index (χ0n) is 11.1. The van der Waals surface area contributed by atoms with Gasteiger partial charge < -0.3 is 10.2 Å². The molecular formula is C14H14F4N2O. The summed E-state index contributed by atoms with van der Waals surface area (Å²) >= 11 is 0. The maximum atomic E-state index is 13.3. The van der Waals surface area contributed by atoms with E-state index < -0.39 is 23.5 Å². The van der Waals surface area contributed by atoms with Gasteiger partial charge in [-0.25, -0.2) is 4.39 Å². The van der Waals surface area contributed by atoms with Crippen LogP contribution >= 0.6 is 0 Å². The fourth-order valence-corrected chi connectivity index (χ4v) is 3.14. The smallest absolute Gasteiger partial charge is 0.334 e. The molecule has 0 unspecified atom stereocenters. The first-order valence-electron chi connectivity index (χ1n) is 6.76. The number of alkyl halides is 3. The van der Waals surface area contributed by atoms with Gasteiger partial charge in [0, 0.05) is 31.2 Å². The van der Waals surface area contributed by atoms with Crippen molar-refractivity contribution in [3.63, 3.8) is 0 Å². The molecule has 0 spiro atoms. The van der Waals surface area contributed by atoms with Crippen LogP contribution < -0.4 is 5.32 Å². The van der Waals surface area contributed by atoms with Crippen LogP contribution in [0, 0.1) is 11.7 Å². The highest BCUT2D eigenvalue weighted by atomic mass is 19.4. The highest BCUT2D eigenvalue weighted by Crippen LogP contribution is 2.33. The van der Waals surface area contributed by atoms with Gasteiger partial charge in [0.25, 0.3) is 5.91 Å². The summed E-state index contributed by atoms with van der Waals surface area (Å²) in [5.74, 6) is -1.46. The normalized spacial score (nSPS) is 25.2. The van der Waals surface area contributed by atoms with Gasteiger partial charge in [-0.05, 0) is 30.5 Å². The number of benzene rings is 1. The van der Waals surface area contributed by atoms with E-state index in [1.807, 2.05) is 0 Å². The van der Waals surface area contributed by atoms with Crippen molar-refractivity contribution in [1.82, 2.24) is 10.2 Å². The number of fused-ring (bicyclic) bond motifs is 1. The number of halogens is 4. The lowest BCUT2D eigenvalue weighted by molar-refractivity contribution is -0.140. The molecule has 1 aromatic carbocycles. The lowest BCUT2D eigenvalue weighted by atomic mass is 10.0. The van der Waals surface area contributed by atoms with Gasteiger partial charge in [-0.2, -0.15) is 13.2 Å². The summed E-state index contributed by atoms with van der Waals surface area (Å²) < 4.78 is 51.4. The second kappa shape index (κ2) is 4.98. The Labute approximate surface area is 118 Å². The Morgan fingerprint density at radius 1 is 1.29 bits per heavy atom. The summed E-state index contributed by atoms with van der Waals surface area (Å²) in [5, 5.41) is 3.17. The van der Waals surface area contributed by atoms with Gasteiger partial charge in [-0.3, -0.25) is 4.79 Å². The molecule has 0 aliphatic carbocycles. The van der Waals surface area contributed by atoms with E-state index in [4.69, 9.17) is 0 Å². The first-order valence-corrected chi connectivity index (χ1v) is 6.76. The van der Waals surface area contributed by atoms with Crippen molar-refractivity contribution in [1.29, 1.82) is 0 Å². The predicted molar refractivity (Wildman–Crippen MR) is 67.2 cm³/mol. The van der Waals surface area contributed by atoms with Crippen LogP contribution in [0.25, 0.3) is 0 Å². The number of likely N-dealkylation sites (tertiary alicyclic amines) is 1. The molecule has 0 radical (unpaired) electrons. The molecule has 21 heavy (non-hydrogen) atoms. The van der Waals surface area contributed by atoms with Gasteiger partial charge in [0.2, 0.25) is 0 Å². The number of nitrogens with zero attached hydrogens (tertiary/aromatic N) is 1. The molecule has 1 amide bonds. The molecule has 0 aromatic heterocycles. The molecular weight excluding hydrogens is 288 g/mol. The Morgan fingerprint density at radius 3 is 2.76 bits per heavy atom. The second-order valence-corrected chi connectivity index (χ2v) is 5.47. The lowest BCUT2D eigenvalue weighted by Gasteiger charge is -2.24. The molecule has 2 aliphatic heterocycles.